The summed E-state index contributed by atoms with van der Waals surface area (Å²) in [7, 11) is 0. The molecule has 1 saturated heterocycles. The molecule has 3 rings (SSSR count). The van der Waals surface area contributed by atoms with Crippen LogP contribution in [0.2, 0.25) is 0 Å². The van der Waals surface area contributed by atoms with Crippen LogP contribution >= 0.6 is 15.9 Å². The number of halogens is 1. The van der Waals surface area contributed by atoms with E-state index in [1.807, 2.05) is 0 Å². The number of fused-ring (bicyclic) bond motifs is 1. The molecule has 0 aliphatic carbocycles. The zero-order valence-corrected chi connectivity index (χ0v) is 12.9. The van der Waals surface area contributed by atoms with Crippen LogP contribution in [0.15, 0.2) is 24.3 Å². The number of hydrogen-bond donors (Lipinski definition) is 0. The molecule has 0 radical (unpaired) electrons. The molecule has 0 spiro atoms. The summed E-state index contributed by atoms with van der Waals surface area (Å²) < 4.78 is 6.07. The van der Waals surface area contributed by atoms with Crippen molar-refractivity contribution in [2.45, 2.75) is 44.2 Å². The van der Waals surface area contributed by atoms with Crippen molar-refractivity contribution in [3.63, 3.8) is 0 Å². The lowest BCUT2D eigenvalue weighted by molar-refractivity contribution is 0.138. The van der Waals surface area contributed by atoms with Crippen LogP contribution in [-0.4, -0.2) is 35.5 Å². The number of likely N-dealkylation sites (tertiary alicyclic amines) is 1. The molecule has 3 heteroatoms. The predicted molar refractivity (Wildman–Crippen MR) is 82.2 cm³/mol. The molecule has 1 fully saturated rings. The minimum absolute atomic E-state index is 0.363. The Kier molecular flexibility index (Phi) is 4.44. The van der Waals surface area contributed by atoms with Gasteiger partial charge in [-0.05, 0) is 43.9 Å². The highest BCUT2D eigenvalue weighted by atomic mass is 79.9. The van der Waals surface area contributed by atoms with E-state index in [2.05, 4.69) is 45.1 Å². The molecule has 2 heterocycles. The van der Waals surface area contributed by atoms with Crippen molar-refractivity contribution in [3.05, 3.63) is 29.8 Å². The zero-order valence-electron chi connectivity index (χ0n) is 11.4. The van der Waals surface area contributed by atoms with Gasteiger partial charge in [0.15, 0.2) is 0 Å². The van der Waals surface area contributed by atoms with Crippen molar-refractivity contribution in [2.75, 3.05) is 18.4 Å². The molecule has 0 aromatic heterocycles. The van der Waals surface area contributed by atoms with Gasteiger partial charge >= 0.3 is 0 Å². The van der Waals surface area contributed by atoms with Crippen LogP contribution < -0.4 is 4.74 Å². The Balaban J connectivity index is 1.55. The van der Waals surface area contributed by atoms with Crippen LogP contribution in [0.3, 0.4) is 0 Å². The van der Waals surface area contributed by atoms with Crippen molar-refractivity contribution < 1.29 is 4.74 Å². The van der Waals surface area contributed by atoms with Crippen molar-refractivity contribution in [2.24, 2.45) is 0 Å². The maximum absolute atomic E-state index is 6.07. The Bertz CT molecular complexity index is 398. The van der Waals surface area contributed by atoms with E-state index in [-0.39, 0.29) is 0 Å². The molecular weight excluding hydrogens is 302 g/mol. The monoisotopic (exact) mass is 323 g/mol. The molecule has 0 N–H and O–H groups in total. The van der Waals surface area contributed by atoms with Crippen LogP contribution in [0.4, 0.5) is 0 Å². The SMILES string of the molecule is BrCCCC1CCCN1CC1Cc2ccccc2O1. The van der Waals surface area contributed by atoms with Crippen molar-refractivity contribution in [1.29, 1.82) is 0 Å². The fourth-order valence-corrected chi connectivity index (χ4v) is 3.72. The van der Waals surface area contributed by atoms with Gasteiger partial charge in [0.1, 0.15) is 11.9 Å². The third-order valence-corrected chi connectivity index (χ3v) is 4.88. The Labute approximate surface area is 124 Å². The maximum atomic E-state index is 6.07. The lowest BCUT2D eigenvalue weighted by atomic mass is 10.1. The quantitative estimate of drug-likeness (QED) is 0.767. The second kappa shape index (κ2) is 6.27. The molecule has 104 valence electrons. The van der Waals surface area contributed by atoms with Gasteiger partial charge in [0, 0.05) is 24.3 Å². The fourth-order valence-electron chi connectivity index (χ4n) is 3.39. The number of hydrogen-bond acceptors (Lipinski definition) is 2. The van der Waals surface area contributed by atoms with Gasteiger partial charge in [-0.25, -0.2) is 0 Å². The van der Waals surface area contributed by atoms with E-state index in [0.717, 1.165) is 30.1 Å². The zero-order chi connectivity index (χ0) is 13.1. The highest BCUT2D eigenvalue weighted by molar-refractivity contribution is 9.09. The van der Waals surface area contributed by atoms with E-state index in [4.69, 9.17) is 4.74 Å². The van der Waals surface area contributed by atoms with Crippen LogP contribution in [0.25, 0.3) is 0 Å². The molecule has 1 aromatic carbocycles. The largest absolute Gasteiger partial charge is 0.488 e. The number of ether oxygens (including phenoxy) is 1. The van der Waals surface area contributed by atoms with E-state index < -0.39 is 0 Å². The molecule has 0 bridgehead atoms. The molecule has 2 atom stereocenters. The topological polar surface area (TPSA) is 12.5 Å². The lowest BCUT2D eigenvalue weighted by Gasteiger charge is -2.26. The van der Waals surface area contributed by atoms with E-state index in [9.17, 15) is 0 Å². The van der Waals surface area contributed by atoms with Crippen molar-refractivity contribution >= 4 is 15.9 Å². The van der Waals surface area contributed by atoms with Gasteiger partial charge in [0.2, 0.25) is 0 Å². The summed E-state index contributed by atoms with van der Waals surface area (Å²) in [6.45, 7) is 2.35. The van der Waals surface area contributed by atoms with E-state index in [1.54, 1.807) is 0 Å². The van der Waals surface area contributed by atoms with Gasteiger partial charge in [0.25, 0.3) is 0 Å². The summed E-state index contributed by atoms with van der Waals surface area (Å²) in [5.41, 5.74) is 1.38. The standard InChI is InChI=1S/C16H22BrNO/c17-9-3-6-14-7-4-10-18(14)12-15-11-13-5-1-2-8-16(13)19-15/h1-2,5,8,14-15H,3-4,6-7,9-12H2. The van der Waals surface area contributed by atoms with Crippen LogP contribution in [0.5, 0.6) is 5.75 Å². The minimum atomic E-state index is 0.363. The number of alkyl halides is 1. The lowest BCUT2D eigenvalue weighted by Crippen LogP contribution is -2.38. The third kappa shape index (κ3) is 3.14. The van der Waals surface area contributed by atoms with E-state index in [0.29, 0.717) is 6.10 Å². The highest BCUT2D eigenvalue weighted by Gasteiger charge is 2.30. The Morgan fingerprint density at radius 2 is 2.21 bits per heavy atom. The summed E-state index contributed by atoms with van der Waals surface area (Å²) in [5.74, 6) is 1.10. The second-order valence-electron chi connectivity index (χ2n) is 5.67. The first-order valence-electron chi connectivity index (χ1n) is 7.41. The Morgan fingerprint density at radius 1 is 1.32 bits per heavy atom. The van der Waals surface area contributed by atoms with E-state index in [1.165, 1.54) is 37.8 Å². The number of benzene rings is 1. The van der Waals surface area contributed by atoms with Crippen LogP contribution in [0, 0.1) is 0 Å². The van der Waals surface area contributed by atoms with Gasteiger partial charge < -0.3 is 4.74 Å². The summed E-state index contributed by atoms with van der Waals surface area (Å²) in [6, 6.07) is 9.25. The molecular formula is C16H22BrNO. The van der Waals surface area contributed by atoms with Gasteiger partial charge in [-0.3, -0.25) is 4.90 Å². The smallest absolute Gasteiger partial charge is 0.123 e. The van der Waals surface area contributed by atoms with Crippen molar-refractivity contribution in [3.8, 4) is 5.75 Å². The van der Waals surface area contributed by atoms with Crippen molar-refractivity contribution in [1.82, 2.24) is 4.90 Å². The molecule has 19 heavy (non-hydrogen) atoms. The second-order valence-corrected chi connectivity index (χ2v) is 6.47. The van der Waals surface area contributed by atoms with Gasteiger partial charge in [-0.15, -0.1) is 0 Å². The first-order chi connectivity index (χ1) is 9.36. The third-order valence-electron chi connectivity index (χ3n) is 4.32. The summed E-state index contributed by atoms with van der Waals surface area (Å²) in [6.07, 6.45) is 6.77. The average molecular weight is 324 g/mol. The van der Waals surface area contributed by atoms with Crippen LogP contribution in [0.1, 0.15) is 31.2 Å². The van der Waals surface area contributed by atoms with E-state index >= 15 is 0 Å². The van der Waals surface area contributed by atoms with Gasteiger partial charge in [-0.1, -0.05) is 34.1 Å². The molecule has 0 saturated carbocycles. The molecule has 2 unspecified atom stereocenters. The maximum Gasteiger partial charge on any atom is 0.123 e. The first-order valence-corrected chi connectivity index (χ1v) is 8.53. The summed E-state index contributed by atoms with van der Waals surface area (Å²) in [4.78, 5) is 2.65. The first kappa shape index (κ1) is 13.4. The molecule has 2 aliphatic heterocycles. The summed E-state index contributed by atoms with van der Waals surface area (Å²) in [5, 5.41) is 1.13. The van der Waals surface area contributed by atoms with Gasteiger partial charge in [-0.2, -0.15) is 0 Å². The normalized spacial score (nSPS) is 26.4. The van der Waals surface area contributed by atoms with Crippen LogP contribution in [-0.2, 0) is 6.42 Å². The van der Waals surface area contributed by atoms with Gasteiger partial charge in [0.05, 0.1) is 0 Å². The number of para-hydroxylation sites is 1. The molecule has 1 aromatic rings. The molecule has 0 amide bonds. The Hall–Kier alpha value is -0.540. The molecule has 2 aliphatic rings. The fraction of sp³-hybridized carbons (Fsp3) is 0.625. The molecule has 2 nitrogen and oxygen atoms in total. The highest BCUT2D eigenvalue weighted by Crippen LogP contribution is 2.30. The summed E-state index contributed by atoms with van der Waals surface area (Å²) >= 11 is 3.54. The average Bonchev–Trinajstić information content (AvgIpc) is 3.02. The Morgan fingerprint density at radius 3 is 3.05 bits per heavy atom. The number of nitrogens with zero attached hydrogens (tertiary/aromatic N) is 1. The predicted octanol–water partition coefficient (Wildman–Crippen LogP) is 3.63. The minimum Gasteiger partial charge on any atom is -0.488 e. The number of rotatable bonds is 5.